The standard InChI is InChI=1S/C16H15N3O7S/c1-17-27(24,25)14-5-3-12(4-6-14)18-15(20)10-7-11(16(21)26-2)9-13(8-10)19(22)23/h3-9,17H,1-2H3,(H,18,20). The third-order valence-corrected chi connectivity index (χ3v) is 4.93. The lowest BCUT2D eigenvalue weighted by molar-refractivity contribution is -0.384. The van der Waals surface area contributed by atoms with E-state index in [4.69, 9.17) is 0 Å². The fourth-order valence-corrected chi connectivity index (χ4v) is 2.85. The van der Waals surface area contributed by atoms with Crippen molar-refractivity contribution in [3.8, 4) is 0 Å². The fourth-order valence-electron chi connectivity index (χ4n) is 2.12. The normalized spacial score (nSPS) is 10.9. The third-order valence-electron chi connectivity index (χ3n) is 3.50. The first kappa shape index (κ1) is 20.0. The maximum Gasteiger partial charge on any atom is 0.338 e. The van der Waals surface area contributed by atoms with Gasteiger partial charge in [0.2, 0.25) is 10.0 Å². The van der Waals surface area contributed by atoms with E-state index < -0.39 is 32.5 Å². The molecule has 0 heterocycles. The number of hydrogen-bond donors (Lipinski definition) is 2. The molecule has 1 amide bonds. The van der Waals surface area contributed by atoms with Crippen molar-refractivity contribution < 1.29 is 27.7 Å². The lowest BCUT2D eigenvalue weighted by Gasteiger charge is -2.08. The van der Waals surface area contributed by atoms with Gasteiger partial charge < -0.3 is 10.1 Å². The Labute approximate surface area is 154 Å². The number of nitro benzene ring substituents is 1. The molecule has 0 saturated heterocycles. The minimum atomic E-state index is -3.62. The minimum Gasteiger partial charge on any atom is -0.465 e. The van der Waals surface area contributed by atoms with Crippen molar-refractivity contribution >= 4 is 33.3 Å². The maximum atomic E-state index is 12.4. The number of amides is 1. The molecule has 0 bridgehead atoms. The Kier molecular flexibility index (Phi) is 5.88. The number of carbonyl (C=O) groups excluding carboxylic acids is 2. The van der Waals surface area contributed by atoms with Crippen LogP contribution < -0.4 is 10.0 Å². The first-order valence-corrected chi connectivity index (χ1v) is 8.89. The Balaban J connectivity index is 2.31. The fraction of sp³-hybridized carbons (Fsp3) is 0.125. The average Bonchev–Trinajstić information content (AvgIpc) is 2.67. The summed E-state index contributed by atoms with van der Waals surface area (Å²) in [4.78, 5) is 34.3. The molecule has 142 valence electrons. The summed E-state index contributed by atoms with van der Waals surface area (Å²) in [5.74, 6) is -1.54. The van der Waals surface area contributed by atoms with Gasteiger partial charge in [-0.25, -0.2) is 17.9 Å². The molecular formula is C16H15N3O7S. The zero-order valence-corrected chi connectivity index (χ0v) is 15.1. The van der Waals surface area contributed by atoms with E-state index in [-0.39, 0.29) is 21.7 Å². The quantitative estimate of drug-likeness (QED) is 0.430. The van der Waals surface area contributed by atoms with Crippen LogP contribution in [0.25, 0.3) is 0 Å². The Morgan fingerprint density at radius 3 is 2.19 bits per heavy atom. The van der Waals surface area contributed by atoms with Crippen LogP contribution in [-0.2, 0) is 14.8 Å². The van der Waals surface area contributed by atoms with Crippen molar-refractivity contribution in [2.45, 2.75) is 4.90 Å². The van der Waals surface area contributed by atoms with E-state index in [1.165, 1.54) is 31.3 Å². The molecule has 27 heavy (non-hydrogen) atoms. The van der Waals surface area contributed by atoms with E-state index in [2.05, 4.69) is 14.8 Å². The highest BCUT2D eigenvalue weighted by molar-refractivity contribution is 7.89. The van der Waals surface area contributed by atoms with E-state index in [0.717, 1.165) is 25.3 Å². The molecule has 0 aromatic heterocycles. The van der Waals surface area contributed by atoms with Gasteiger partial charge in [0.05, 0.1) is 22.5 Å². The number of sulfonamides is 1. The second kappa shape index (κ2) is 7.93. The molecule has 0 spiro atoms. The summed E-state index contributed by atoms with van der Waals surface area (Å²) in [7, 11) is -1.24. The van der Waals surface area contributed by atoms with Gasteiger partial charge in [-0.2, -0.15) is 0 Å². The van der Waals surface area contributed by atoms with Gasteiger partial charge in [-0.15, -0.1) is 0 Å². The molecule has 0 radical (unpaired) electrons. The zero-order valence-electron chi connectivity index (χ0n) is 14.3. The monoisotopic (exact) mass is 393 g/mol. The van der Waals surface area contributed by atoms with Gasteiger partial charge in [0.15, 0.2) is 0 Å². The van der Waals surface area contributed by atoms with Crippen LogP contribution in [0.2, 0.25) is 0 Å². The number of ether oxygens (including phenoxy) is 1. The first-order chi connectivity index (χ1) is 12.7. The number of nitrogens with one attached hydrogen (secondary N) is 2. The number of anilines is 1. The summed E-state index contributed by atoms with van der Waals surface area (Å²) < 4.78 is 30.0. The van der Waals surface area contributed by atoms with E-state index in [1.54, 1.807) is 0 Å². The van der Waals surface area contributed by atoms with Gasteiger partial charge >= 0.3 is 5.97 Å². The molecule has 0 aliphatic rings. The summed E-state index contributed by atoms with van der Waals surface area (Å²) >= 11 is 0. The largest absolute Gasteiger partial charge is 0.465 e. The Morgan fingerprint density at radius 2 is 1.67 bits per heavy atom. The summed E-state index contributed by atoms with van der Waals surface area (Å²) in [6, 6.07) is 8.47. The third kappa shape index (κ3) is 4.65. The van der Waals surface area contributed by atoms with Crippen molar-refractivity contribution in [3.63, 3.8) is 0 Å². The number of esters is 1. The maximum absolute atomic E-state index is 12.4. The van der Waals surface area contributed by atoms with Gasteiger partial charge in [0.25, 0.3) is 11.6 Å². The summed E-state index contributed by atoms with van der Waals surface area (Å²) in [6.07, 6.45) is 0. The van der Waals surface area contributed by atoms with E-state index >= 15 is 0 Å². The topological polar surface area (TPSA) is 145 Å². The molecule has 2 aromatic rings. The molecule has 2 rings (SSSR count). The van der Waals surface area contributed by atoms with Crippen LogP contribution in [0.1, 0.15) is 20.7 Å². The number of nitrogens with zero attached hydrogens (tertiary/aromatic N) is 1. The molecule has 2 aromatic carbocycles. The van der Waals surface area contributed by atoms with E-state index in [0.29, 0.717) is 0 Å². The van der Waals surface area contributed by atoms with Crippen molar-refractivity contribution in [2.75, 3.05) is 19.5 Å². The summed E-state index contributed by atoms with van der Waals surface area (Å²) in [5.41, 5.74) is -0.455. The predicted octanol–water partition coefficient (Wildman–Crippen LogP) is 1.54. The number of methoxy groups -OCH3 is 1. The highest BCUT2D eigenvalue weighted by atomic mass is 32.2. The molecule has 11 heteroatoms. The first-order valence-electron chi connectivity index (χ1n) is 7.40. The molecule has 0 saturated carbocycles. The Bertz CT molecular complexity index is 1000. The summed E-state index contributed by atoms with van der Waals surface area (Å²) in [6.45, 7) is 0. The second-order valence-corrected chi connectivity index (χ2v) is 7.09. The number of non-ortho nitro benzene ring substituents is 1. The van der Waals surface area contributed by atoms with Gasteiger partial charge in [-0.1, -0.05) is 0 Å². The molecule has 0 unspecified atom stereocenters. The van der Waals surface area contributed by atoms with Gasteiger partial charge in [-0.05, 0) is 37.4 Å². The zero-order chi connectivity index (χ0) is 20.2. The summed E-state index contributed by atoms with van der Waals surface area (Å²) in [5, 5.41) is 13.5. The lowest BCUT2D eigenvalue weighted by Crippen LogP contribution is -2.18. The van der Waals surface area contributed by atoms with Crippen molar-refractivity contribution in [1.29, 1.82) is 0 Å². The molecule has 0 atom stereocenters. The van der Waals surface area contributed by atoms with Crippen molar-refractivity contribution in [2.24, 2.45) is 0 Å². The van der Waals surface area contributed by atoms with Crippen LogP contribution in [0.4, 0.5) is 11.4 Å². The molecular weight excluding hydrogens is 378 g/mol. The molecule has 2 N–H and O–H groups in total. The number of carbonyl (C=O) groups is 2. The molecule has 10 nitrogen and oxygen atoms in total. The minimum absolute atomic E-state index is 0.00586. The van der Waals surface area contributed by atoms with Crippen molar-refractivity contribution in [1.82, 2.24) is 4.72 Å². The van der Waals surface area contributed by atoms with Crippen LogP contribution in [0.15, 0.2) is 47.4 Å². The Hall–Kier alpha value is -3.31. The van der Waals surface area contributed by atoms with Crippen molar-refractivity contribution in [3.05, 3.63) is 63.7 Å². The van der Waals surface area contributed by atoms with Gasteiger partial charge in [-0.3, -0.25) is 14.9 Å². The van der Waals surface area contributed by atoms with Gasteiger partial charge in [0, 0.05) is 23.4 Å². The number of hydrogen-bond acceptors (Lipinski definition) is 7. The van der Waals surface area contributed by atoms with E-state index in [9.17, 15) is 28.1 Å². The van der Waals surface area contributed by atoms with Crippen LogP contribution in [-0.4, -0.2) is 39.4 Å². The van der Waals surface area contributed by atoms with Crippen LogP contribution in [0.3, 0.4) is 0 Å². The van der Waals surface area contributed by atoms with E-state index in [1.807, 2.05) is 0 Å². The predicted molar refractivity (Wildman–Crippen MR) is 95.1 cm³/mol. The molecule has 0 aliphatic heterocycles. The highest BCUT2D eigenvalue weighted by Crippen LogP contribution is 2.20. The molecule has 0 aliphatic carbocycles. The Morgan fingerprint density at radius 1 is 1.07 bits per heavy atom. The second-order valence-electron chi connectivity index (χ2n) is 5.20. The highest BCUT2D eigenvalue weighted by Gasteiger charge is 2.19. The molecule has 0 fully saturated rings. The smallest absolute Gasteiger partial charge is 0.338 e. The average molecular weight is 393 g/mol. The SMILES string of the molecule is CNS(=O)(=O)c1ccc(NC(=O)c2cc(C(=O)OC)cc([N+](=O)[O-])c2)cc1. The lowest BCUT2D eigenvalue weighted by atomic mass is 10.1. The van der Waals surface area contributed by atoms with Gasteiger partial charge in [0.1, 0.15) is 0 Å². The number of rotatable bonds is 6. The van der Waals surface area contributed by atoms with Crippen LogP contribution >= 0.6 is 0 Å². The van der Waals surface area contributed by atoms with Crippen LogP contribution in [0, 0.1) is 10.1 Å². The van der Waals surface area contributed by atoms with Crippen LogP contribution in [0.5, 0.6) is 0 Å². The number of nitro groups is 1. The number of benzene rings is 2.